The maximum absolute atomic E-state index is 4.91. The first-order valence-electron chi connectivity index (χ1n) is 7.06. The maximum atomic E-state index is 4.91. The maximum Gasteiger partial charge on any atom is 0.113 e. The van der Waals surface area contributed by atoms with Gasteiger partial charge in [-0.1, -0.05) is 0 Å². The number of thiophene rings is 1. The smallest absolute Gasteiger partial charge is 0.113 e. The molecular weight excluding hydrogens is 286 g/mol. The van der Waals surface area contributed by atoms with Crippen LogP contribution in [0.3, 0.4) is 0 Å². The normalized spacial score (nSPS) is 17.6. The van der Waals surface area contributed by atoms with Gasteiger partial charge >= 0.3 is 0 Å². The number of nitrogens with zero attached hydrogens (tertiary/aromatic N) is 2. The van der Waals surface area contributed by atoms with Crippen LogP contribution in [0, 0.1) is 6.92 Å². The Morgan fingerprint density at radius 2 is 2.00 bits per heavy atom. The summed E-state index contributed by atoms with van der Waals surface area (Å²) in [7, 11) is 0. The van der Waals surface area contributed by atoms with E-state index < -0.39 is 0 Å². The van der Waals surface area contributed by atoms with Crippen LogP contribution in [-0.4, -0.2) is 36.1 Å². The monoisotopic (exact) mass is 307 g/mol. The van der Waals surface area contributed by atoms with Crippen LogP contribution in [0.1, 0.15) is 23.7 Å². The van der Waals surface area contributed by atoms with Crippen molar-refractivity contribution in [3.63, 3.8) is 0 Å². The van der Waals surface area contributed by atoms with Crippen molar-refractivity contribution in [2.75, 3.05) is 26.2 Å². The van der Waals surface area contributed by atoms with Gasteiger partial charge in [-0.3, -0.25) is 4.90 Å². The van der Waals surface area contributed by atoms with Gasteiger partial charge in [-0.25, -0.2) is 4.98 Å². The van der Waals surface area contributed by atoms with Crippen molar-refractivity contribution in [2.45, 2.75) is 26.3 Å². The first-order chi connectivity index (χ1) is 9.57. The Morgan fingerprint density at radius 3 is 2.65 bits per heavy atom. The fourth-order valence-corrected chi connectivity index (χ4v) is 4.47. The summed E-state index contributed by atoms with van der Waals surface area (Å²) in [6.45, 7) is 11.1. The van der Waals surface area contributed by atoms with Gasteiger partial charge in [0.05, 0.1) is 16.1 Å². The average Bonchev–Trinajstić information content (AvgIpc) is 3.08. The van der Waals surface area contributed by atoms with Crippen molar-refractivity contribution < 1.29 is 0 Å². The van der Waals surface area contributed by atoms with Crippen LogP contribution < -0.4 is 5.32 Å². The molecular formula is C15H21N3S2. The van der Waals surface area contributed by atoms with Gasteiger partial charge in [0, 0.05) is 36.4 Å². The highest BCUT2D eigenvalue weighted by molar-refractivity contribution is 7.16. The number of rotatable bonds is 3. The standard InChI is InChI=1S/C15H21N3S2/c1-11-4-5-13(20-11)12-10-19-14(17-12)15(2,3)18-8-6-16-7-9-18/h4-5,10,16H,6-9H2,1-3H3. The Bertz CT molecular complexity index is 579. The van der Waals surface area contributed by atoms with Crippen LogP contribution in [0.2, 0.25) is 0 Å². The van der Waals surface area contributed by atoms with Gasteiger partial charge in [0.25, 0.3) is 0 Å². The second kappa shape index (κ2) is 5.56. The molecule has 0 unspecified atom stereocenters. The zero-order valence-corrected chi connectivity index (χ0v) is 13.9. The first kappa shape index (κ1) is 14.2. The van der Waals surface area contributed by atoms with Gasteiger partial charge in [0.15, 0.2) is 0 Å². The fraction of sp³-hybridized carbons (Fsp3) is 0.533. The number of aromatic nitrogens is 1. The topological polar surface area (TPSA) is 28.2 Å². The lowest BCUT2D eigenvalue weighted by Gasteiger charge is -2.39. The third kappa shape index (κ3) is 2.68. The van der Waals surface area contributed by atoms with E-state index in [1.165, 1.54) is 14.8 Å². The Morgan fingerprint density at radius 1 is 1.25 bits per heavy atom. The van der Waals surface area contributed by atoms with Crippen LogP contribution in [0.15, 0.2) is 17.5 Å². The van der Waals surface area contributed by atoms with Crippen LogP contribution in [0.25, 0.3) is 10.6 Å². The van der Waals surface area contributed by atoms with Gasteiger partial charge in [-0.2, -0.15) is 0 Å². The van der Waals surface area contributed by atoms with Crippen molar-refractivity contribution in [1.29, 1.82) is 0 Å². The number of hydrogen-bond acceptors (Lipinski definition) is 5. The summed E-state index contributed by atoms with van der Waals surface area (Å²) in [4.78, 5) is 10.1. The van der Waals surface area contributed by atoms with E-state index in [2.05, 4.69) is 48.5 Å². The van der Waals surface area contributed by atoms with E-state index in [1.807, 2.05) is 11.3 Å². The fourth-order valence-electron chi connectivity index (χ4n) is 2.60. The highest BCUT2D eigenvalue weighted by atomic mass is 32.1. The minimum Gasteiger partial charge on any atom is -0.314 e. The number of hydrogen-bond donors (Lipinski definition) is 1. The zero-order valence-electron chi connectivity index (χ0n) is 12.3. The van der Waals surface area contributed by atoms with Gasteiger partial charge in [0.2, 0.25) is 0 Å². The summed E-state index contributed by atoms with van der Waals surface area (Å²) < 4.78 is 0. The van der Waals surface area contributed by atoms with E-state index in [-0.39, 0.29) is 5.54 Å². The summed E-state index contributed by atoms with van der Waals surface area (Å²) in [6, 6.07) is 4.34. The molecule has 0 amide bonds. The van der Waals surface area contributed by atoms with E-state index in [0.717, 1.165) is 31.9 Å². The summed E-state index contributed by atoms with van der Waals surface area (Å²) in [5, 5.41) is 6.84. The van der Waals surface area contributed by atoms with Crippen LogP contribution in [-0.2, 0) is 5.54 Å². The molecule has 108 valence electrons. The number of nitrogens with one attached hydrogen (secondary N) is 1. The molecule has 3 heterocycles. The summed E-state index contributed by atoms with van der Waals surface area (Å²) in [6.07, 6.45) is 0. The molecule has 2 aromatic rings. The Hall–Kier alpha value is -0.750. The van der Waals surface area contributed by atoms with E-state index in [1.54, 1.807) is 11.3 Å². The first-order valence-corrected chi connectivity index (χ1v) is 8.75. The second-order valence-electron chi connectivity index (χ2n) is 5.74. The third-order valence-corrected chi connectivity index (χ3v) is 6.11. The summed E-state index contributed by atoms with van der Waals surface area (Å²) in [5.41, 5.74) is 1.16. The molecule has 0 aromatic carbocycles. The molecule has 0 saturated carbocycles. The van der Waals surface area contributed by atoms with Crippen molar-refractivity contribution in [3.05, 3.63) is 27.4 Å². The number of thiazole rings is 1. The molecule has 1 saturated heterocycles. The lowest BCUT2D eigenvalue weighted by atomic mass is 10.0. The molecule has 0 radical (unpaired) electrons. The van der Waals surface area contributed by atoms with Crippen molar-refractivity contribution >= 4 is 22.7 Å². The van der Waals surface area contributed by atoms with Crippen molar-refractivity contribution in [1.82, 2.24) is 15.2 Å². The third-order valence-electron chi connectivity index (χ3n) is 3.93. The molecule has 1 aliphatic rings. The molecule has 2 aromatic heterocycles. The van der Waals surface area contributed by atoms with E-state index >= 15 is 0 Å². The van der Waals surface area contributed by atoms with Gasteiger partial charge in [0.1, 0.15) is 5.01 Å². The van der Waals surface area contributed by atoms with Gasteiger partial charge in [-0.15, -0.1) is 22.7 Å². The minimum absolute atomic E-state index is 0.0251. The molecule has 5 heteroatoms. The molecule has 20 heavy (non-hydrogen) atoms. The summed E-state index contributed by atoms with van der Waals surface area (Å²) in [5.74, 6) is 0. The highest BCUT2D eigenvalue weighted by Gasteiger charge is 2.32. The Balaban J connectivity index is 1.85. The van der Waals surface area contributed by atoms with Crippen molar-refractivity contribution in [3.8, 4) is 10.6 Å². The quantitative estimate of drug-likeness (QED) is 0.943. The molecule has 0 aliphatic carbocycles. The van der Waals surface area contributed by atoms with Crippen molar-refractivity contribution in [2.24, 2.45) is 0 Å². The lowest BCUT2D eigenvalue weighted by Crippen LogP contribution is -2.51. The predicted molar refractivity (Wildman–Crippen MR) is 87.6 cm³/mol. The summed E-state index contributed by atoms with van der Waals surface area (Å²) >= 11 is 3.61. The Kier molecular flexibility index (Phi) is 3.95. The second-order valence-corrected chi connectivity index (χ2v) is 7.89. The predicted octanol–water partition coefficient (Wildman–Crippen LogP) is 3.32. The van der Waals surface area contributed by atoms with Crippen LogP contribution in [0.5, 0.6) is 0 Å². The van der Waals surface area contributed by atoms with Gasteiger partial charge in [-0.05, 0) is 32.9 Å². The molecule has 0 spiro atoms. The SMILES string of the molecule is Cc1ccc(-c2csc(C(C)(C)N3CCNCC3)n2)s1. The molecule has 1 fully saturated rings. The molecule has 0 bridgehead atoms. The van der Waals surface area contributed by atoms with E-state index in [9.17, 15) is 0 Å². The lowest BCUT2D eigenvalue weighted by molar-refractivity contribution is 0.102. The zero-order chi connectivity index (χ0) is 14.2. The largest absolute Gasteiger partial charge is 0.314 e. The van der Waals surface area contributed by atoms with E-state index in [4.69, 9.17) is 4.98 Å². The van der Waals surface area contributed by atoms with Gasteiger partial charge < -0.3 is 5.32 Å². The van der Waals surface area contributed by atoms with Crippen LogP contribution in [0.4, 0.5) is 0 Å². The van der Waals surface area contributed by atoms with E-state index in [0.29, 0.717) is 0 Å². The van der Waals surface area contributed by atoms with Crippen LogP contribution >= 0.6 is 22.7 Å². The molecule has 3 rings (SSSR count). The molecule has 0 atom stereocenters. The minimum atomic E-state index is 0.0251. The number of aryl methyl sites for hydroxylation is 1. The average molecular weight is 307 g/mol. The molecule has 1 N–H and O–H groups in total. The Labute approximate surface area is 128 Å². The highest BCUT2D eigenvalue weighted by Crippen LogP contribution is 2.35. The molecule has 3 nitrogen and oxygen atoms in total. The number of piperazine rings is 1. The molecule has 1 aliphatic heterocycles.